The summed E-state index contributed by atoms with van der Waals surface area (Å²) in [4.78, 5) is 19.7. The fourth-order valence-electron chi connectivity index (χ4n) is 4.32. The Labute approximate surface area is 189 Å². The molecule has 2 aliphatic rings. The molecule has 174 valence electrons. The molecule has 0 bridgehead atoms. The van der Waals surface area contributed by atoms with Gasteiger partial charge in [-0.15, -0.1) is 0 Å². The maximum absolute atomic E-state index is 13.4. The van der Waals surface area contributed by atoms with Gasteiger partial charge in [-0.05, 0) is 64.2 Å². The topological polar surface area (TPSA) is 89.7 Å². The zero-order chi connectivity index (χ0) is 23.7. The predicted molar refractivity (Wildman–Crippen MR) is 114 cm³/mol. The number of hydrogen-bond acceptors (Lipinski definition) is 6. The SMILES string of the molecule is CC1(C)C(=O)N(c2cnc(C#N)c(C(F)(F)F)c2)C(=S)N1[C@H]1CC[C@H](OCCCO)CC1. The second kappa shape index (κ2) is 9.29. The molecule has 1 amide bonds. The van der Waals surface area contributed by atoms with Gasteiger partial charge in [0.25, 0.3) is 5.91 Å². The third-order valence-electron chi connectivity index (χ3n) is 5.93. The lowest BCUT2D eigenvalue weighted by atomic mass is 9.89. The van der Waals surface area contributed by atoms with E-state index in [9.17, 15) is 18.0 Å². The Hall–Kier alpha value is -2.29. The first-order valence-corrected chi connectivity index (χ1v) is 10.8. The van der Waals surface area contributed by atoms with E-state index in [1.54, 1.807) is 18.7 Å². The summed E-state index contributed by atoms with van der Waals surface area (Å²) in [5.41, 5.74) is -3.11. The average molecular weight is 471 g/mol. The zero-order valence-corrected chi connectivity index (χ0v) is 18.7. The van der Waals surface area contributed by atoms with Gasteiger partial charge in [-0.25, -0.2) is 4.98 Å². The standard InChI is InChI=1S/C21H25F3N4O3S/c1-20(2)18(30)27(14-10-16(21(22,23)24)17(11-25)26-12-14)19(32)28(20)13-4-6-15(7-5-13)31-9-3-8-29/h10,12-13,15,29H,3-9H2,1-2H3/t13-,15-. The van der Waals surface area contributed by atoms with Crippen molar-refractivity contribution < 1.29 is 27.8 Å². The molecule has 1 saturated heterocycles. The zero-order valence-electron chi connectivity index (χ0n) is 17.9. The summed E-state index contributed by atoms with van der Waals surface area (Å²) in [5.74, 6) is -0.441. The number of anilines is 1. The van der Waals surface area contributed by atoms with Gasteiger partial charge >= 0.3 is 6.18 Å². The lowest BCUT2D eigenvalue weighted by Crippen LogP contribution is -2.51. The molecule has 3 rings (SSSR count). The van der Waals surface area contributed by atoms with Gasteiger partial charge < -0.3 is 14.7 Å². The summed E-state index contributed by atoms with van der Waals surface area (Å²) in [6.07, 6.45) is -0.119. The quantitative estimate of drug-likeness (QED) is 0.504. The van der Waals surface area contributed by atoms with Gasteiger partial charge in [0.05, 0.1) is 23.6 Å². The smallest absolute Gasteiger partial charge is 0.396 e. The third-order valence-corrected chi connectivity index (χ3v) is 6.31. The van der Waals surface area contributed by atoms with Crippen LogP contribution in [-0.4, -0.2) is 56.9 Å². The number of pyridine rings is 1. The Morgan fingerprint density at radius 1 is 1.34 bits per heavy atom. The van der Waals surface area contributed by atoms with Crippen molar-refractivity contribution in [3.63, 3.8) is 0 Å². The first-order chi connectivity index (χ1) is 15.0. The first kappa shape index (κ1) is 24.4. The van der Waals surface area contributed by atoms with Gasteiger partial charge in [0, 0.05) is 19.3 Å². The molecule has 0 atom stereocenters. The van der Waals surface area contributed by atoms with Gasteiger partial charge in [0.2, 0.25) is 0 Å². The van der Waals surface area contributed by atoms with E-state index >= 15 is 0 Å². The van der Waals surface area contributed by atoms with Crippen LogP contribution in [-0.2, 0) is 15.7 Å². The summed E-state index contributed by atoms with van der Waals surface area (Å²) in [5, 5.41) is 18.0. The van der Waals surface area contributed by atoms with E-state index in [2.05, 4.69) is 4.98 Å². The molecule has 7 nitrogen and oxygen atoms in total. The molecule has 1 aliphatic carbocycles. The molecule has 1 aromatic heterocycles. The maximum Gasteiger partial charge on any atom is 0.419 e. The number of alkyl halides is 3. The minimum atomic E-state index is -4.79. The Morgan fingerprint density at radius 3 is 2.56 bits per heavy atom. The minimum Gasteiger partial charge on any atom is -0.396 e. The Bertz CT molecular complexity index is 924. The normalized spacial score (nSPS) is 23.5. The Balaban J connectivity index is 1.83. The number of hydrogen-bond donors (Lipinski definition) is 1. The number of nitriles is 1. The number of rotatable bonds is 6. The van der Waals surface area contributed by atoms with E-state index < -0.39 is 28.9 Å². The number of aliphatic hydroxyl groups is 1. The third kappa shape index (κ3) is 4.58. The fourth-order valence-corrected chi connectivity index (χ4v) is 4.88. The van der Waals surface area contributed by atoms with Gasteiger partial charge in [0.1, 0.15) is 11.6 Å². The number of ether oxygens (including phenoxy) is 1. The van der Waals surface area contributed by atoms with Gasteiger partial charge in [-0.3, -0.25) is 9.69 Å². The Morgan fingerprint density at radius 2 is 2.00 bits per heavy atom. The van der Waals surface area contributed by atoms with Crippen LogP contribution in [0.15, 0.2) is 12.3 Å². The number of nitrogens with zero attached hydrogens (tertiary/aromatic N) is 4. The summed E-state index contributed by atoms with van der Waals surface area (Å²) >= 11 is 5.56. The lowest BCUT2D eigenvalue weighted by Gasteiger charge is -2.40. The molecule has 1 N–H and O–H groups in total. The molecule has 0 spiro atoms. The van der Waals surface area contributed by atoms with E-state index in [-0.39, 0.29) is 29.6 Å². The van der Waals surface area contributed by atoms with Gasteiger partial charge in [-0.1, -0.05) is 0 Å². The van der Waals surface area contributed by atoms with Crippen LogP contribution >= 0.6 is 12.2 Å². The highest BCUT2D eigenvalue weighted by Gasteiger charge is 2.52. The number of thiocarbonyl (C=S) groups is 1. The Kier molecular flexibility index (Phi) is 7.07. The molecule has 2 heterocycles. The summed E-state index contributed by atoms with van der Waals surface area (Å²) in [6, 6.07) is 2.13. The molecule has 0 unspecified atom stereocenters. The highest BCUT2D eigenvalue weighted by atomic mass is 32.1. The summed E-state index contributed by atoms with van der Waals surface area (Å²) < 4.78 is 46.0. The molecular formula is C21H25F3N4O3S. The molecule has 1 saturated carbocycles. The van der Waals surface area contributed by atoms with Crippen LogP contribution in [0.5, 0.6) is 0 Å². The number of halogens is 3. The van der Waals surface area contributed by atoms with Crippen molar-refractivity contribution in [2.75, 3.05) is 18.1 Å². The second-order valence-electron chi connectivity index (χ2n) is 8.43. The largest absolute Gasteiger partial charge is 0.419 e. The fraction of sp³-hybridized carbons (Fsp3) is 0.619. The van der Waals surface area contributed by atoms with Crippen molar-refractivity contribution in [2.45, 2.75) is 69.8 Å². The number of aliphatic hydroxyl groups excluding tert-OH is 1. The molecule has 0 radical (unpaired) electrons. The molecule has 1 aliphatic heterocycles. The van der Waals surface area contributed by atoms with Crippen molar-refractivity contribution >= 4 is 28.9 Å². The lowest BCUT2D eigenvalue weighted by molar-refractivity contribution is -0.138. The van der Waals surface area contributed by atoms with Crippen LogP contribution in [0.25, 0.3) is 0 Å². The van der Waals surface area contributed by atoms with Crippen LogP contribution in [0.4, 0.5) is 18.9 Å². The van der Waals surface area contributed by atoms with Crippen molar-refractivity contribution in [3.05, 3.63) is 23.5 Å². The van der Waals surface area contributed by atoms with Crippen LogP contribution in [0.1, 0.15) is 57.2 Å². The summed E-state index contributed by atoms with van der Waals surface area (Å²) in [6.45, 7) is 3.96. The predicted octanol–water partition coefficient (Wildman–Crippen LogP) is 3.39. The maximum atomic E-state index is 13.4. The first-order valence-electron chi connectivity index (χ1n) is 10.4. The molecule has 2 fully saturated rings. The highest BCUT2D eigenvalue weighted by molar-refractivity contribution is 7.80. The van der Waals surface area contributed by atoms with E-state index in [4.69, 9.17) is 27.3 Å². The van der Waals surface area contributed by atoms with E-state index in [0.29, 0.717) is 25.9 Å². The van der Waals surface area contributed by atoms with Crippen molar-refractivity contribution in [3.8, 4) is 6.07 Å². The van der Waals surface area contributed by atoms with Crippen LogP contribution in [0.2, 0.25) is 0 Å². The van der Waals surface area contributed by atoms with Gasteiger partial charge in [-0.2, -0.15) is 18.4 Å². The number of carbonyl (C=O) groups is 1. The second-order valence-corrected chi connectivity index (χ2v) is 8.80. The minimum absolute atomic E-state index is 0.0578. The molecule has 11 heteroatoms. The van der Waals surface area contributed by atoms with Gasteiger partial charge in [0.15, 0.2) is 10.8 Å². The van der Waals surface area contributed by atoms with Crippen molar-refractivity contribution in [1.82, 2.24) is 9.88 Å². The van der Waals surface area contributed by atoms with Crippen LogP contribution in [0.3, 0.4) is 0 Å². The van der Waals surface area contributed by atoms with E-state index in [1.165, 1.54) is 6.07 Å². The highest BCUT2D eigenvalue weighted by Crippen LogP contribution is 2.40. The van der Waals surface area contributed by atoms with Crippen molar-refractivity contribution in [2.24, 2.45) is 0 Å². The van der Waals surface area contributed by atoms with E-state index in [1.807, 2.05) is 0 Å². The molecule has 0 aromatic carbocycles. The molecular weight excluding hydrogens is 445 g/mol. The molecule has 32 heavy (non-hydrogen) atoms. The molecule has 1 aromatic rings. The monoisotopic (exact) mass is 470 g/mol. The van der Waals surface area contributed by atoms with Crippen LogP contribution < -0.4 is 4.90 Å². The van der Waals surface area contributed by atoms with E-state index in [0.717, 1.165) is 30.0 Å². The van der Waals surface area contributed by atoms with Crippen LogP contribution in [0, 0.1) is 11.3 Å². The number of aromatic nitrogens is 1. The van der Waals surface area contributed by atoms with Crippen molar-refractivity contribution in [1.29, 1.82) is 5.26 Å². The number of amides is 1. The number of carbonyl (C=O) groups excluding carboxylic acids is 1. The average Bonchev–Trinajstić information content (AvgIpc) is 2.92. The summed E-state index contributed by atoms with van der Waals surface area (Å²) in [7, 11) is 0.